The van der Waals surface area contributed by atoms with Gasteiger partial charge < -0.3 is 24.4 Å². The molecule has 1 N–H and O–H groups in total. The molecule has 3 saturated heterocycles. The highest BCUT2D eigenvalue weighted by Gasteiger charge is 2.80. The Hall–Kier alpha value is -1.93. The summed E-state index contributed by atoms with van der Waals surface area (Å²) in [6.07, 6.45) is 5.37. The fraction of sp³-hybridized carbons (Fsp3) is 0.815. The van der Waals surface area contributed by atoms with Crippen LogP contribution in [0.2, 0.25) is 0 Å². The lowest BCUT2D eigenvalue weighted by atomic mass is 9.62. The SMILES string of the molecule is C=CCN(C(=O)C1N(CCCCCCO)C(=O)[C@@H]2[C@H](C(=O)OCC)[C@@]3(C)OC12CC3C)C(C)(C)C. The van der Waals surface area contributed by atoms with E-state index in [2.05, 4.69) is 6.58 Å². The van der Waals surface area contributed by atoms with Gasteiger partial charge in [-0.25, -0.2) is 0 Å². The van der Waals surface area contributed by atoms with Gasteiger partial charge in [0.25, 0.3) is 0 Å². The van der Waals surface area contributed by atoms with E-state index >= 15 is 0 Å². The van der Waals surface area contributed by atoms with Gasteiger partial charge in [0.2, 0.25) is 11.8 Å². The van der Waals surface area contributed by atoms with Crippen LogP contribution >= 0.6 is 0 Å². The van der Waals surface area contributed by atoms with Crippen molar-refractivity contribution in [2.24, 2.45) is 17.8 Å². The molecule has 6 atom stereocenters. The zero-order valence-corrected chi connectivity index (χ0v) is 22.3. The molecular weight excluding hydrogens is 448 g/mol. The number of nitrogens with zero attached hydrogens (tertiary/aromatic N) is 2. The van der Waals surface area contributed by atoms with Crippen LogP contribution in [0.15, 0.2) is 12.7 Å². The van der Waals surface area contributed by atoms with Crippen LogP contribution < -0.4 is 0 Å². The van der Waals surface area contributed by atoms with Gasteiger partial charge in [0.15, 0.2) is 0 Å². The van der Waals surface area contributed by atoms with Gasteiger partial charge in [-0.1, -0.05) is 25.8 Å². The molecule has 1 spiro atoms. The Kier molecular flexibility index (Phi) is 8.07. The van der Waals surface area contributed by atoms with E-state index in [1.807, 2.05) is 34.6 Å². The summed E-state index contributed by atoms with van der Waals surface area (Å²) in [6, 6.07) is -0.805. The van der Waals surface area contributed by atoms with Crippen molar-refractivity contribution in [3.8, 4) is 0 Å². The van der Waals surface area contributed by atoms with Crippen LogP contribution in [-0.4, -0.2) is 81.8 Å². The number of aliphatic hydroxyl groups excluding tert-OH is 1. The predicted octanol–water partition coefficient (Wildman–Crippen LogP) is 2.93. The Bertz CT molecular complexity index is 838. The fourth-order valence-electron chi connectivity index (χ4n) is 6.57. The van der Waals surface area contributed by atoms with Crippen molar-refractivity contribution in [2.45, 2.75) is 96.4 Å². The highest BCUT2D eigenvalue weighted by molar-refractivity contribution is 5.98. The highest BCUT2D eigenvalue weighted by atomic mass is 16.6. The molecule has 8 nitrogen and oxygen atoms in total. The van der Waals surface area contributed by atoms with Crippen LogP contribution in [-0.2, 0) is 23.9 Å². The first-order valence-electron chi connectivity index (χ1n) is 13.1. The molecule has 3 fully saturated rings. The maximum Gasteiger partial charge on any atom is 0.312 e. The maximum absolute atomic E-state index is 14.3. The number of carbonyl (C=O) groups excluding carboxylic acids is 3. The minimum atomic E-state index is -1.06. The average Bonchev–Trinajstić information content (AvgIpc) is 3.28. The summed E-state index contributed by atoms with van der Waals surface area (Å²) >= 11 is 0. The lowest BCUT2D eigenvalue weighted by Gasteiger charge is -2.42. The van der Waals surface area contributed by atoms with Gasteiger partial charge in [0.1, 0.15) is 17.6 Å². The Morgan fingerprint density at radius 2 is 1.94 bits per heavy atom. The Labute approximate surface area is 210 Å². The summed E-state index contributed by atoms with van der Waals surface area (Å²) in [6.45, 7) is 16.6. The Morgan fingerprint density at radius 3 is 2.51 bits per heavy atom. The summed E-state index contributed by atoms with van der Waals surface area (Å²) in [5, 5.41) is 9.09. The number of likely N-dealkylation sites (tertiary alicyclic amines) is 1. The van der Waals surface area contributed by atoms with Gasteiger partial charge in [0, 0.05) is 25.2 Å². The molecule has 198 valence electrons. The number of hydrogen-bond acceptors (Lipinski definition) is 6. The Balaban J connectivity index is 2.05. The van der Waals surface area contributed by atoms with E-state index in [0.717, 1.165) is 12.8 Å². The van der Waals surface area contributed by atoms with Crippen molar-refractivity contribution in [3.05, 3.63) is 12.7 Å². The first kappa shape index (κ1) is 27.7. The maximum atomic E-state index is 14.3. The van der Waals surface area contributed by atoms with Crippen LogP contribution in [0.3, 0.4) is 0 Å². The van der Waals surface area contributed by atoms with Crippen molar-refractivity contribution in [2.75, 3.05) is 26.3 Å². The van der Waals surface area contributed by atoms with Crippen molar-refractivity contribution in [3.63, 3.8) is 0 Å². The molecule has 35 heavy (non-hydrogen) atoms. The highest BCUT2D eigenvalue weighted by Crippen LogP contribution is 2.65. The van der Waals surface area contributed by atoms with Crippen LogP contribution in [0.5, 0.6) is 0 Å². The fourth-order valence-corrected chi connectivity index (χ4v) is 6.57. The number of carbonyl (C=O) groups is 3. The molecule has 3 rings (SSSR count). The lowest BCUT2D eigenvalue weighted by Crippen LogP contribution is -2.60. The van der Waals surface area contributed by atoms with Gasteiger partial charge in [-0.3, -0.25) is 14.4 Å². The summed E-state index contributed by atoms with van der Waals surface area (Å²) in [4.78, 5) is 44.9. The number of unbranched alkanes of at least 4 members (excludes halogenated alkanes) is 3. The van der Waals surface area contributed by atoms with E-state index in [0.29, 0.717) is 32.4 Å². The second-order valence-corrected chi connectivity index (χ2v) is 11.5. The van der Waals surface area contributed by atoms with E-state index in [1.54, 1.807) is 22.8 Å². The zero-order valence-electron chi connectivity index (χ0n) is 22.3. The summed E-state index contributed by atoms with van der Waals surface area (Å²) < 4.78 is 12.1. The number of fused-ring (bicyclic) bond motifs is 1. The molecule has 2 bridgehead atoms. The number of aliphatic hydroxyl groups is 1. The largest absolute Gasteiger partial charge is 0.466 e. The summed E-state index contributed by atoms with van der Waals surface area (Å²) in [5.74, 6) is -2.26. The van der Waals surface area contributed by atoms with E-state index in [1.165, 1.54) is 0 Å². The second kappa shape index (κ2) is 10.2. The molecule has 0 saturated carbocycles. The van der Waals surface area contributed by atoms with Gasteiger partial charge in [-0.2, -0.15) is 0 Å². The smallest absolute Gasteiger partial charge is 0.312 e. The molecule has 0 aromatic rings. The third-order valence-electron chi connectivity index (χ3n) is 8.28. The average molecular weight is 493 g/mol. The van der Waals surface area contributed by atoms with E-state index < -0.39 is 40.6 Å². The third kappa shape index (κ3) is 4.52. The van der Waals surface area contributed by atoms with Crippen LogP contribution in [0.25, 0.3) is 0 Å². The number of hydrogen-bond donors (Lipinski definition) is 1. The minimum Gasteiger partial charge on any atom is -0.466 e. The van der Waals surface area contributed by atoms with Gasteiger partial charge in [-0.15, -0.1) is 6.58 Å². The summed E-state index contributed by atoms with van der Waals surface area (Å²) in [7, 11) is 0. The first-order chi connectivity index (χ1) is 16.4. The quantitative estimate of drug-likeness (QED) is 0.271. The molecular formula is C27H44N2O6. The van der Waals surface area contributed by atoms with Crippen molar-refractivity contribution in [1.29, 1.82) is 0 Å². The molecule has 0 aromatic heterocycles. The van der Waals surface area contributed by atoms with Crippen molar-refractivity contribution >= 4 is 17.8 Å². The normalized spacial score (nSPS) is 33.7. The molecule has 0 radical (unpaired) electrons. The van der Waals surface area contributed by atoms with Gasteiger partial charge >= 0.3 is 5.97 Å². The number of rotatable bonds is 11. The second-order valence-electron chi connectivity index (χ2n) is 11.5. The zero-order chi connectivity index (χ0) is 26.2. The van der Waals surface area contributed by atoms with E-state index in [4.69, 9.17) is 14.6 Å². The van der Waals surface area contributed by atoms with Crippen LogP contribution in [0, 0.1) is 17.8 Å². The first-order valence-corrected chi connectivity index (χ1v) is 13.1. The number of ether oxygens (including phenoxy) is 2. The Morgan fingerprint density at radius 1 is 1.29 bits per heavy atom. The minimum absolute atomic E-state index is 0.0109. The number of amides is 2. The molecule has 0 aliphatic carbocycles. The van der Waals surface area contributed by atoms with Gasteiger partial charge in [0.05, 0.1) is 18.1 Å². The molecule has 3 unspecified atom stereocenters. The monoisotopic (exact) mass is 492 g/mol. The van der Waals surface area contributed by atoms with E-state index in [9.17, 15) is 14.4 Å². The molecule has 0 aromatic carbocycles. The summed E-state index contributed by atoms with van der Waals surface area (Å²) in [5.41, 5.74) is -2.40. The predicted molar refractivity (Wildman–Crippen MR) is 132 cm³/mol. The van der Waals surface area contributed by atoms with Crippen molar-refractivity contribution in [1.82, 2.24) is 9.80 Å². The molecule has 3 aliphatic heterocycles. The molecule has 3 heterocycles. The molecule has 3 aliphatic rings. The molecule has 8 heteroatoms. The van der Waals surface area contributed by atoms with Crippen molar-refractivity contribution < 1.29 is 29.0 Å². The third-order valence-corrected chi connectivity index (χ3v) is 8.28. The standard InChI is InChI=1S/C27H44N2O6/c1-8-14-29(25(4,5)6)23(32)21-27-17-18(3)26(7,35-27)20(24(33)34-9-2)19(27)22(31)28(21)15-12-10-11-13-16-30/h8,18-21,30H,1,9-17H2,2-7H3/t18?,19-,20+,21?,26-,27?/m0/s1. The van der Waals surface area contributed by atoms with E-state index in [-0.39, 0.29) is 30.9 Å². The lowest BCUT2D eigenvalue weighted by molar-refractivity contribution is -0.162. The van der Waals surface area contributed by atoms with Gasteiger partial charge in [-0.05, 0) is 59.8 Å². The van der Waals surface area contributed by atoms with Crippen LogP contribution in [0.4, 0.5) is 0 Å². The van der Waals surface area contributed by atoms with Crippen LogP contribution in [0.1, 0.15) is 73.6 Å². The molecule has 2 amide bonds. The number of esters is 1. The topological polar surface area (TPSA) is 96.4 Å².